The summed E-state index contributed by atoms with van der Waals surface area (Å²) in [4.78, 5) is 15.2. The van der Waals surface area contributed by atoms with Crippen LogP contribution in [0.25, 0.3) is 0 Å². The zero-order valence-electron chi connectivity index (χ0n) is 15.2. The highest BCUT2D eigenvalue weighted by molar-refractivity contribution is 5.81. The first-order valence-electron chi connectivity index (χ1n) is 9.76. The Bertz CT molecular complexity index is 624. The SMILES string of the molecule is O=C(NCC1(N2CCOCC2)CCCCC1)C1COc2ccccc2O1. The highest BCUT2D eigenvalue weighted by atomic mass is 16.6. The first-order chi connectivity index (χ1) is 12.8. The minimum absolute atomic E-state index is 0.0606. The summed E-state index contributed by atoms with van der Waals surface area (Å²) in [7, 11) is 0. The van der Waals surface area contributed by atoms with Crippen LogP contribution in [-0.4, -0.2) is 61.9 Å². The number of carbonyl (C=O) groups excluding carboxylic acids is 1. The van der Waals surface area contributed by atoms with Crippen LogP contribution in [0, 0.1) is 0 Å². The summed E-state index contributed by atoms with van der Waals surface area (Å²) in [6, 6.07) is 7.49. The number of rotatable bonds is 4. The number of para-hydroxylation sites is 2. The minimum Gasteiger partial charge on any atom is -0.485 e. The van der Waals surface area contributed by atoms with Gasteiger partial charge >= 0.3 is 0 Å². The molecule has 1 amide bonds. The molecule has 1 aromatic rings. The fourth-order valence-electron chi connectivity index (χ4n) is 4.37. The Morgan fingerprint density at radius 2 is 1.85 bits per heavy atom. The molecule has 0 bridgehead atoms. The van der Waals surface area contributed by atoms with Gasteiger partial charge in [-0.15, -0.1) is 0 Å². The number of ether oxygens (including phenoxy) is 3. The highest BCUT2D eigenvalue weighted by Crippen LogP contribution is 2.34. The van der Waals surface area contributed by atoms with Crippen LogP contribution in [0.2, 0.25) is 0 Å². The van der Waals surface area contributed by atoms with Gasteiger partial charge in [0.15, 0.2) is 11.5 Å². The molecule has 1 atom stereocenters. The van der Waals surface area contributed by atoms with Crippen molar-refractivity contribution in [1.29, 1.82) is 0 Å². The van der Waals surface area contributed by atoms with E-state index in [1.165, 1.54) is 19.3 Å². The van der Waals surface area contributed by atoms with E-state index in [9.17, 15) is 4.79 Å². The van der Waals surface area contributed by atoms with Crippen LogP contribution in [0.3, 0.4) is 0 Å². The number of hydrogen-bond acceptors (Lipinski definition) is 5. The van der Waals surface area contributed by atoms with Crippen LogP contribution in [0.5, 0.6) is 11.5 Å². The van der Waals surface area contributed by atoms with Gasteiger partial charge in [-0.2, -0.15) is 0 Å². The molecule has 142 valence electrons. The fourth-order valence-corrected chi connectivity index (χ4v) is 4.37. The lowest BCUT2D eigenvalue weighted by Gasteiger charge is -2.48. The third-order valence-electron chi connectivity index (χ3n) is 5.86. The van der Waals surface area contributed by atoms with Gasteiger partial charge in [-0.05, 0) is 25.0 Å². The van der Waals surface area contributed by atoms with Gasteiger partial charge < -0.3 is 19.5 Å². The fraction of sp³-hybridized carbons (Fsp3) is 0.650. The number of fused-ring (bicyclic) bond motifs is 1. The zero-order chi connectivity index (χ0) is 17.8. The average Bonchev–Trinajstić information content (AvgIpc) is 2.73. The molecule has 0 radical (unpaired) electrons. The molecule has 26 heavy (non-hydrogen) atoms. The molecular formula is C20H28N2O4. The van der Waals surface area contributed by atoms with Crippen LogP contribution < -0.4 is 14.8 Å². The van der Waals surface area contributed by atoms with Gasteiger partial charge in [0.05, 0.1) is 13.2 Å². The molecule has 1 unspecified atom stereocenters. The van der Waals surface area contributed by atoms with Crippen molar-refractivity contribution in [2.75, 3.05) is 39.5 Å². The van der Waals surface area contributed by atoms with Gasteiger partial charge in [-0.1, -0.05) is 31.4 Å². The van der Waals surface area contributed by atoms with Crippen molar-refractivity contribution in [3.05, 3.63) is 24.3 Å². The number of carbonyl (C=O) groups is 1. The third-order valence-corrected chi connectivity index (χ3v) is 5.86. The summed E-state index contributed by atoms with van der Waals surface area (Å²) < 4.78 is 17.0. The molecule has 0 spiro atoms. The Kier molecular flexibility index (Phi) is 5.31. The second kappa shape index (κ2) is 7.84. The lowest BCUT2D eigenvalue weighted by atomic mass is 9.79. The van der Waals surface area contributed by atoms with Gasteiger partial charge in [0.25, 0.3) is 5.91 Å². The molecule has 2 aliphatic heterocycles. The molecule has 2 fully saturated rings. The predicted octanol–water partition coefficient (Wildman–Crippen LogP) is 1.98. The van der Waals surface area contributed by atoms with Crippen LogP contribution >= 0.6 is 0 Å². The molecule has 1 saturated carbocycles. The van der Waals surface area contributed by atoms with Crippen molar-refractivity contribution >= 4 is 5.91 Å². The first kappa shape index (κ1) is 17.6. The minimum atomic E-state index is -0.588. The topological polar surface area (TPSA) is 60.0 Å². The Morgan fingerprint density at radius 1 is 1.12 bits per heavy atom. The number of morpholine rings is 1. The van der Waals surface area contributed by atoms with Crippen molar-refractivity contribution in [3.63, 3.8) is 0 Å². The summed E-state index contributed by atoms with van der Waals surface area (Å²) in [5.41, 5.74) is 0.0606. The van der Waals surface area contributed by atoms with E-state index in [2.05, 4.69) is 10.2 Å². The number of benzene rings is 1. The average molecular weight is 360 g/mol. The zero-order valence-corrected chi connectivity index (χ0v) is 15.2. The molecule has 3 aliphatic rings. The quantitative estimate of drug-likeness (QED) is 0.890. The molecule has 1 saturated heterocycles. The van der Waals surface area contributed by atoms with Gasteiger partial charge in [0.1, 0.15) is 6.61 Å². The maximum absolute atomic E-state index is 12.7. The van der Waals surface area contributed by atoms with Crippen LogP contribution in [0.15, 0.2) is 24.3 Å². The predicted molar refractivity (Wildman–Crippen MR) is 97.6 cm³/mol. The first-order valence-corrected chi connectivity index (χ1v) is 9.76. The van der Waals surface area contributed by atoms with E-state index in [4.69, 9.17) is 14.2 Å². The molecule has 4 rings (SSSR count). The van der Waals surface area contributed by atoms with Gasteiger partial charge in [0.2, 0.25) is 6.10 Å². The van der Waals surface area contributed by atoms with E-state index in [-0.39, 0.29) is 18.1 Å². The summed E-state index contributed by atoms with van der Waals surface area (Å²) in [5, 5.41) is 3.16. The summed E-state index contributed by atoms with van der Waals surface area (Å²) >= 11 is 0. The Hall–Kier alpha value is -1.79. The normalized spacial score (nSPS) is 25.5. The molecule has 1 aliphatic carbocycles. The van der Waals surface area contributed by atoms with Gasteiger partial charge in [-0.3, -0.25) is 9.69 Å². The van der Waals surface area contributed by atoms with Crippen molar-refractivity contribution in [3.8, 4) is 11.5 Å². The molecular weight excluding hydrogens is 332 g/mol. The lowest BCUT2D eigenvalue weighted by molar-refractivity contribution is -0.131. The van der Waals surface area contributed by atoms with E-state index in [1.807, 2.05) is 24.3 Å². The van der Waals surface area contributed by atoms with E-state index in [0.717, 1.165) is 39.1 Å². The van der Waals surface area contributed by atoms with Crippen molar-refractivity contribution in [1.82, 2.24) is 10.2 Å². The van der Waals surface area contributed by atoms with Crippen LogP contribution in [0.1, 0.15) is 32.1 Å². The standard InChI is InChI=1S/C20H28N2O4/c23-19(18-14-25-16-6-2-3-7-17(16)26-18)21-15-20(8-4-1-5-9-20)22-10-12-24-13-11-22/h2-3,6-7,18H,1,4-5,8-15H2,(H,21,23). The number of nitrogens with one attached hydrogen (secondary N) is 1. The second-order valence-corrected chi connectivity index (χ2v) is 7.47. The van der Waals surface area contributed by atoms with E-state index < -0.39 is 6.10 Å². The molecule has 0 aromatic heterocycles. The van der Waals surface area contributed by atoms with E-state index >= 15 is 0 Å². The molecule has 1 N–H and O–H groups in total. The van der Waals surface area contributed by atoms with Gasteiger partial charge in [0, 0.05) is 25.2 Å². The van der Waals surface area contributed by atoms with Crippen molar-refractivity contribution in [2.45, 2.75) is 43.7 Å². The third kappa shape index (κ3) is 3.67. The summed E-state index contributed by atoms with van der Waals surface area (Å²) in [6.07, 6.45) is 5.43. The van der Waals surface area contributed by atoms with Crippen molar-refractivity contribution < 1.29 is 19.0 Å². The van der Waals surface area contributed by atoms with E-state index in [1.54, 1.807) is 0 Å². The molecule has 6 nitrogen and oxygen atoms in total. The number of amides is 1. The Morgan fingerprint density at radius 3 is 2.62 bits per heavy atom. The smallest absolute Gasteiger partial charge is 0.264 e. The summed E-state index contributed by atoms with van der Waals surface area (Å²) in [6.45, 7) is 4.40. The van der Waals surface area contributed by atoms with Gasteiger partial charge in [-0.25, -0.2) is 0 Å². The Labute approximate surface area is 154 Å². The van der Waals surface area contributed by atoms with Crippen molar-refractivity contribution in [2.24, 2.45) is 0 Å². The van der Waals surface area contributed by atoms with Crippen LogP contribution in [0.4, 0.5) is 0 Å². The highest BCUT2D eigenvalue weighted by Gasteiger charge is 2.39. The largest absolute Gasteiger partial charge is 0.485 e. The maximum Gasteiger partial charge on any atom is 0.264 e. The number of nitrogens with zero attached hydrogens (tertiary/aromatic N) is 1. The lowest BCUT2D eigenvalue weighted by Crippen LogP contribution is -2.60. The maximum atomic E-state index is 12.7. The van der Waals surface area contributed by atoms with E-state index in [0.29, 0.717) is 18.0 Å². The number of hydrogen-bond donors (Lipinski definition) is 1. The molecule has 1 aromatic carbocycles. The molecule has 6 heteroatoms. The monoisotopic (exact) mass is 360 g/mol. The van der Waals surface area contributed by atoms with Crippen LogP contribution in [-0.2, 0) is 9.53 Å². The second-order valence-electron chi connectivity index (χ2n) is 7.47. The summed E-state index contributed by atoms with van der Waals surface area (Å²) in [5.74, 6) is 1.26. The molecule has 2 heterocycles. The Balaban J connectivity index is 1.39.